The fourth-order valence-corrected chi connectivity index (χ4v) is 8.41. The molecule has 5 nitrogen and oxygen atoms in total. The summed E-state index contributed by atoms with van der Waals surface area (Å²) in [5.74, 6) is 0.0359. The molecule has 0 saturated carbocycles. The topological polar surface area (TPSA) is 90.2 Å². The second kappa shape index (κ2) is 7.52. The fourth-order valence-electron chi connectivity index (χ4n) is 3.52. The first-order valence-electron chi connectivity index (χ1n) is 8.03. The van der Waals surface area contributed by atoms with Crippen LogP contribution in [0.2, 0.25) is 0 Å². The highest BCUT2D eigenvalue weighted by molar-refractivity contribution is 9.11. The van der Waals surface area contributed by atoms with Crippen LogP contribution in [0.15, 0.2) is 71.3 Å². The van der Waals surface area contributed by atoms with Crippen molar-refractivity contribution in [3.05, 3.63) is 83.1 Å². The summed E-state index contributed by atoms with van der Waals surface area (Å²) in [6.45, 7) is 0. The van der Waals surface area contributed by atoms with Crippen LogP contribution in [0.3, 0.4) is 0 Å². The van der Waals surface area contributed by atoms with Gasteiger partial charge >= 0.3 is 0 Å². The standard InChI is InChI=1S/C19H12Br4O5S/c20-12-5-9(24)6-13(21)17(12)19(18-14(22)7-10(25)8-15(18)23)11-3-1-2-4-16(11)29(26,27)28-19/h1-8,24-27H. The highest BCUT2D eigenvalue weighted by Crippen LogP contribution is 2.69. The Bertz CT molecular complexity index is 1050. The van der Waals surface area contributed by atoms with E-state index in [-0.39, 0.29) is 16.4 Å². The Hall–Kier alpha value is -0.590. The molecular weight excluding hydrogens is 660 g/mol. The summed E-state index contributed by atoms with van der Waals surface area (Å²) in [5, 5.41) is 20.0. The SMILES string of the molecule is Oc1cc(Br)c(C2(c3c(Br)cc(O)cc3Br)OS(O)(O)c3ccccc32)c(Br)c1. The van der Waals surface area contributed by atoms with Crippen LogP contribution in [0.5, 0.6) is 11.5 Å². The molecule has 4 N–H and O–H groups in total. The molecule has 152 valence electrons. The molecule has 4 rings (SSSR count). The highest BCUT2D eigenvalue weighted by atomic mass is 79.9. The van der Waals surface area contributed by atoms with E-state index in [1.807, 2.05) is 0 Å². The van der Waals surface area contributed by atoms with Gasteiger partial charge in [0, 0.05) is 34.6 Å². The van der Waals surface area contributed by atoms with Crippen molar-refractivity contribution in [3.63, 3.8) is 0 Å². The predicted molar refractivity (Wildman–Crippen MR) is 126 cm³/mol. The number of rotatable bonds is 2. The number of aromatic hydroxyl groups is 2. The lowest BCUT2D eigenvalue weighted by atomic mass is 9.80. The zero-order valence-electron chi connectivity index (χ0n) is 14.2. The lowest BCUT2D eigenvalue weighted by molar-refractivity contribution is 0.152. The van der Waals surface area contributed by atoms with E-state index in [1.54, 1.807) is 24.3 Å². The first-order chi connectivity index (χ1) is 13.6. The van der Waals surface area contributed by atoms with E-state index in [0.717, 1.165) is 0 Å². The number of phenolic OH excluding ortho intramolecular Hbond substituents is 2. The van der Waals surface area contributed by atoms with Gasteiger partial charge in [0.05, 0.1) is 4.90 Å². The molecule has 0 bridgehead atoms. The summed E-state index contributed by atoms with van der Waals surface area (Å²) >= 11 is 14.0. The van der Waals surface area contributed by atoms with E-state index >= 15 is 0 Å². The van der Waals surface area contributed by atoms with Crippen LogP contribution in [-0.2, 0) is 9.78 Å². The second-order valence-electron chi connectivity index (χ2n) is 6.33. The molecule has 3 aromatic rings. The molecule has 1 aliphatic rings. The van der Waals surface area contributed by atoms with Crippen molar-refractivity contribution in [3.8, 4) is 11.5 Å². The minimum Gasteiger partial charge on any atom is -0.508 e. The van der Waals surface area contributed by atoms with Crippen molar-refractivity contribution in [2.24, 2.45) is 0 Å². The molecule has 0 radical (unpaired) electrons. The fraction of sp³-hybridized carbons (Fsp3) is 0.0526. The molecule has 0 aromatic heterocycles. The third-order valence-corrected chi connectivity index (χ3v) is 8.46. The summed E-state index contributed by atoms with van der Waals surface area (Å²) in [5.41, 5.74) is 0.0883. The molecule has 0 aliphatic carbocycles. The van der Waals surface area contributed by atoms with E-state index in [9.17, 15) is 19.3 Å². The van der Waals surface area contributed by atoms with E-state index < -0.39 is 16.5 Å². The average Bonchev–Trinajstić information content (AvgIpc) is 2.82. The highest BCUT2D eigenvalue weighted by Gasteiger charge is 2.55. The Morgan fingerprint density at radius 3 is 1.59 bits per heavy atom. The zero-order chi connectivity index (χ0) is 21.1. The molecular formula is C19H12Br4O5S. The van der Waals surface area contributed by atoms with Crippen LogP contribution < -0.4 is 0 Å². The van der Waals surface area contributed by atoms with Crippen molar-refractivity contribution in [2.45, 2.75) is 10.5 Å². The Balaban J connectivity index is 2.21. The lowest BCUT2D eigenvalue weighted by Crippen LogP contribution is -2.31. The quantitative estimate of drug-likeness (QED) is 0.227. The molecule has 10 heteroatoms. The average molecular weight is 672 g/mol. The van der Waals surface area contributed by atoms with Gasteiger partial charge in [0.2, 0.25) is 0 Å². The van der Waals surface area contributed by atoms with Crippen LogP contribution in [0, 0.1) is 0 Å². The first kappa shape index (κ1) is 21.6. The number of phenols is 2. The van der Waals surface area contributed by atoms with Gasteiger partial charge in [-0.05, 0) is 30.3 Å². The second-order valence-corrected chi connectivity index (χ2v) is 11.3. The molecule has 0 saturated heterocycles. The number of halogens is 4. The van der Waals surface area contributed by atoms with Gasteiger partial charge in [-0.1, -0.05) is 81.9 Å². The van der Waals surface area contributed by atoms with Crippen molar-refractivity contribution in [1.29, 1.82) is 0 Å². The van der Waals surface area contributed by atoms with Gasteiger partial charge in [0.15, 0.2) is 5.60 Å². The molecule has 3 aromatic carbocycles. The Kier molecular flexibility index (Phi) is 5.61. The minimum atomic E-state index is -3.61. The normalized spacial score (nSPS) is 17.7. The Labute approximate surface area is 201 Å². The molecule has 1 heterocycles. The summed E-state index contributed by atoms with van der Waals surface area (Å²) in [6.07, 6.45) is 0. The summed E-state index contributed by atoms with van der Waals surface area (Å²) in [7, 11) is -3.61. The Morgan fingerprint density at radius 1 is 0.724 bits per heavy atom. The Morgan fingerprint density at radius 2 is 1.14 bits per heavy atom. The van der Waals surface area contributed by atoms with E-state index in [4.69, 9.17) is 4.18 Å². The maximum absolute atomic E-state index is 10.8. The zero-order valence-corrected chi connectivity index (χ0v) is 21.4. The molecule has 0 amide bonds. The van der Waals surface area contributed by atoms with E-state index in [1.165, 1.54) is 24.3 Å². The predicted octanol–water partition coefficient (Wildman–Crippen LogP) is 7.49. The molecule has 0 spiro atoms. The van der Waals surface area contributed by atoms with Gasteiger partial charge < -0.3 is 19.3 Å². The van der Waals surface area contributed by atoms with Gasteiger partial charge in [-0.2, -0.15) is 0 Å². The third kappa shape index (κ3) is 3.38. The van der Waals surface area contributed by atoms with Crippen LogP contribution in [0.25, 0.3) is 0 Å². The van der Waals surface area contributed by atoms with Gasteiger partial charge in [0.25, 0.3) is 0 Å². The van der Waals surface area contributed by atoms with Crippen molar-refractivity contribution in [1.82, 2.24) is 0 Å². The number of benzene rings is 3. The molecule has 0 fully saturated rings. The number of hydrogen-bond donors (Lipinski definition) is 4. The minimum absolute atomic E-state index is 0.0179. The molecule has 0 atom stereocenters. The third-order valence-electron chi connectivity index (χ3n) is 4.55. The van der Waals surface area contributed by atoms with Crippen LogP contribution in [0.4, 0.5) is 0 Å². The largest absolute Gasteiger partial charge is 0.508 e. The molecule has 29 heavy (non-hydrogen) atoms. The maximum atomic E-state index is 10.8. The van der Waals surface area contributed by atoms with Crippen LogP contribution >= 0.6 is 74.6 Å². The first-order valence-corrected chi connectivity index (χ1v) is 12.7. The van der Waals surface area contributed by atoms with Gasteiger partial charge in [-0.25, -0.2) is 0 Å². The van der Waals surface area contributed by atoms with Crippen LogP contribution in [0.1, 0.15) is 16.7 Å². The van der Waals surface area contributed by atoms with Crippen LogP contribution in [-0.4, -0.2) is 19.3 Å². The van der Waals surface area contributed by atoms with Crippen molar-refractivity contribution >= 4 is 74.6 Å². The maximum Gasteiger partial charge on any atom is 0.166 e. The monoisotopic (exact) mass is 668 g/mol. The molecule has 1 aliphatic heterocycles. The summed E-state index contributed by atoms with van der Waals surface area (Å²) < 4.78 is 29.7. The summed E-state index contributed by atoms with van der Waals surface area (Å²) in [6, 6.07) is 12.8. The van der Waals surface area contributed by atoms with Gasteiger partial charge in [0.1, 0.15) is 22.4 Å². The summed E-state index contributed by atoms with van der Waals surface area (Å²) in [4.78, 5) is 0.263. The number of fused-ring (bicyclic) bond motifs is 1. The van der Waals surface area contributed by atoms with Crippen molar-refractivity contribution in [2.75, 3.05) is 0 Å². The van der Waals surface area contributed by atoms with Crippen molar-refractivity contribution < 1.29 is 23.5 Å². The van der Waals surface area contributed by atoms with E-state index in [2.05, 4.69) is 63.7 Å². The smallest absolute Gasteiger partial charge is 0.166 e. The van der Waals surface area contributed by atoms with E-state index in [0.29, 0.717) is 34.6 Å². The lowest BCUT2D eigenvalue weighted by Gasteiger charge is -2.35. The number of hydrogen-bond acceptors (Lipinski definition) is 5. The van der Waals surface area contributed by atoms with Gasteiger partial charge in [-0.15, -0.1) is 0 Å². The molecule has 0 unspecified atom stereocenters. The van der Waals surface area contributed by atoms with Gasteiger partial charge in [-0.3, -0.25) is 4.18 Å².